The molecular formula is C14H21N3O3. The molecule has 0 amide bonds. The number of ether oxygens (including phenoxy) is 1. The molecule has 2 heterocycles. The number of rotatable bonds is 5. The van der Waals surface area contributed by atoms with Gasteiger partial charge >= 0.3 is 5.97 Å². The first-order chi connectivity index (χ1) is 9.63. The van der Waals surface area contributed by atoms with Gasteiger partial charge < -0.3 is 20.5 Å². The van der Waals surface area contributed by atoms with E-state index < -0.39 is 5.97 Å². The van der Waals surface area contributed by atoms with Gasteiger partial charge in [0.15, 0.2) is 5.82 Å². The first kappa shape index (κ1) is 14.6. The van der Waals surface area contributed by atoms with E-state index in [1.165, 1.54) is 12.3 Å². The topological polar surface area (TPSA) is 88.7 Å². The summed E-state index contributed by atoms with van der Waals surface area (Å²) >= 11 is 0. The van der Waals surface area contributed by atoms with Crippen LogP contribution in [0.1, 0.15) is 36.5 Å². The number of aromatic nitrogens is 1. The summed E-state index contributed by atoms with van der Waals surface area (Å²) in [5.41, 5.74) is 6.27. The lowest BCUT2D eigenvalue weighted by Gasteiger charge is -2.34. The van der Waals surface area contributed by atoms with E-state index in [4.69, 9.17) is 15.6 Å². The molecule has 0 saturated carbocycles. The number of nitrogen functional groups attached to an aromatic ring is 1. The first-order valence-electron chi connectivity index (χ1n) is 6.97. The molecule has 2 rings (SSSR count). The van der Waals surface area contributed by atoms with E-state index >= 15 is 0 Å². The van der Waals surface area contributed by atoms with E-state index in [9.17, 15) is 4.79 Å². The third kappa shape index (κ3) is 3.19. The molecule has 0 aromatic carbocycles. The molecule has 20 heavy (non-hydrogen) atoms. The van der Waals surface area contributed by atoms with E-state index in [2.05, 4.69) is 11.9 Å². The minimum absolute atomic E-state index is 0.103. The zero-order chi connectivity index (χ0) is 14.5. The zero-order valence-electron chi connectivity index (χ0n) is 11.7. The van der Waals surface area contributed by atoms with Crippen LogP contribution in [-0.2, 0) is 4.74 Å². The molecule has 0 radical (unpaired) electrons. The number of carboxylic acid groups (broad SMARTS) is 1. The van der Waals surface area contributed by atoms with Gasteiger partial charge in [-0.2, -0.15) is 0 Å². The standard InChI is InChI=1S/C14H21N3O3/c1-2-8-20-10-4-3-7-17(9-10)13-12(15)11(14(18)19)5-6-16-13/h5-6,10H,2-4,7-9,15H2,1H3,(H,18,19). The number of piperidine rings is 1. The van der Waals surface area contributed by atoms with Crippen molar-refractivity contribution in [2.75, 3.05) is 30.3 Å². The van der Waals surface area contributed by atoms with Crippen molar-refractivity contribution in [2.24, 2.45) is 0 Å². The van der Waals surface area contributed by atoms with Crippen LogP contribution in [0.5, 0.6) is 0 Å². The summed E-state index contributed by atoms with van der Waals surface area (Å²) < 4.78 is 5.77. The van der Waals surface area contributed by atoms with Gasteiger partial charge in [0, 0.05) is 25.9 Å². The highest BCUT2D eigenvalue weighted by Crippen LogP contribution is 2.27. The van der Waals surface area contributed by atoms with E-state index in [0.717, 1.165) is 32.4 Å². The predicted octanol–water partition coefficient (Wildman–Crippen LogP) is 1.76. The monoisotopic (exact) mass is 279 g/mol. The van der Waals surface area contributed by atoms with Crippen molar-refractivity contribution < 1.29 is 14.6 Å². The summed E-state index contributed by atoms with van der Waals surface area (Å²) in [6.45, 7) is 4.36. The highest BCUT2D eigenvalue weighted by atomic mass is 16.5. The summed E-state index contributed by atoms with van der Waals surface area (Å²) in [6.07, 6.45) is 4.66. The Labute approximate surface area is 118 Å². The number of carboxylic acids is 1. The number of anilines is 2. The van der Waals surface area contributed by atoms with Gasteiger partial charge in [0.1, 0.15) is 0 Å². The SMILES string of the molecule is CCCOC1CCCN(c2nccc(C(=O)O)c2N)C1. The van der Waals surface area contributed by atoms with Crippen molar-refractivity contribution >= 4 is 17.5 Å². The molecule has 1 aliphatic rings. The third-order valence-corrected chi connectivity index (χ3v) is 3.43. The Morgan fingerprint density at radius 3 is 3.15 bits per heavy atom. The minimum Gasteiger partial charge on any atom is -0.478 e. The van der Waals surface area contributed by atoms with Gasteiger partial charge in [-0.3, -0.25) is 0 Å². The summed E-state index contributed by atoms with van der Waals surface area (Å²) in [4.78, 5) is 17.4. The Hall–Kier alpha value is -1.82. The van der Waals surface area contributed by atoms with Crippen molar-refractivity contribution in [1.82, 2.24) is 4.98 Å². The van der Waals surface area contributed by atoms with Gasteiger partial charge in [-0.25, -0.2) is 9.78 Å². The van der Waals surface area contributed by atoms with Crippen molar-refractivity contribution in [3.63, 3.8) is 0 Å². The maximum atomic E-state index is 11.1. The van der Waals surface area contributed by atoms with Gasteiger partial charge in [-0.05, 0) is 25.3 Å². The van der Waals surface area contributed by atoms with Gasteiger partial charge in [0.05, 0.1) is 17.4 Å². The molecule has 0 bridgehead atoms. The number of aromatic carboxylic acids is 1. The normalized spacial score (nSPS) is 19.1. The van der Waals surface area contributed by atoms with Crippen molar-refractivity contribution in [2.45, 2.75) is 32.3 Å². The van der Waals surface area contributed by atoms with E-state index in [-0.39, 0.29) is 17.4 Å². The Morgan fingerprint density at radius 2 is 2.45 bits per heavy atom. The fourth-order valence-corrected chi connectivity index (χ4v) is 2.45. The van der Waals surface area contributed by atoms with Crippen LogP contribution in [0.3, 0.4) is 0 Å². The molecule has 0 spiro atoms. The molecule has 1 atom stereocenters. The molecule has 1 aromatic rings. The molecule has 3 N–H and O–H groups in total. The van der Waals surface area contributed by atoms with Crippen LogP contribution in [-0.4, -0.2) is 41.9 Å². The summed E-state index contributed by atoms with van der Waals surface area (Å²) in [6, 6.07) is 1.43. The number of nitrogens with zero attached hydrogens (tertiary/aromatic N) is 2. The number of hydrogen-bond acceptors (Lipinski definition) is 5. The highest BCUT2D eigenvalue weighted by Gasteiger charge is 2.24. The van der Waals surface area contributed by atoms with Crippen LogP contribution in [0.15, 0.2) is 12.3 Å². The zero-order valence-corrected chi connectivity index (χ0v) is 11.7. The summed E-state index contributed by atoms with van der Waals surface area (Å²) in [7, 11) is 0. The van der Waals surface area contributed by atoms with Crippen molar-refractivity contribution in [1.29, 1.82) is 0 Å². The third-order valence-electron chi connectivity index (χ3n) is 3.43. The van der Waals surface area contributed by atoms with E-state index in [0.29, 0.717) is 12.4 Å². The molecular weight excluding hydrogens is 258 g/mol. The maximum Gasteiger partial charge on any atom is 0.337 e. The Bertz CT molecular complexity index is 479. The molecule has 6 nitrogen and oxygen atoms in total. The Balaban J connectivity index is 2.14. The lowest BCUT2D eigenvalue weighted by molar-refractivity contribution is 0.0439. The largest absolute Gasteiger partial charge is 0.478 e. The van der Waals surface area contributed by atoms with Gasteiger partial charge in [-0.15, -0.1) is 0 Å². The maximum absolute atomic E-state index is 11.1. The molecule has 1 aliphatic heterocycles. The predicted molar refractivity (Wildman–Crippen MR) is 77.1 cm³/mol. The second-order valence-corrected chi connectivity index (χ2v) is 4.98. The number of nitrogens with two attached hydrogens (primary N) is 1. The average molecular weight is 279 g/mol. The second-order valence-electron chi connectivity index (χ2n) is 4.98. The molecule has 1 unspecified atom stereocenters. The smallest absolute Gasteiger partial charge is 0.337 e. The van der Waals surface area contributed by atoms with Crippen LogP contribution < -0.4 is 10.6 Å². The molecule has 1 saturated heterocycles. The highest BCUT2D eigenvalue weighted by molar-refractivity contribution is 5.96. The van der Waals surface area contributed by atoms with Gasteiger partial charge in [-0.1, -0.05) is 6.92 Å². The number of carbonyl (C=O) groups is 1. The molecule has 0 aliphatic carbocycles. The van der Waals surface area contributed by atoms with Gasteiger partial charge in [0.2, 0.25) is 0 Å². The summed E-state index contributed by atoms with van der Waals surface area (Å²) in [5.74, 6) is -0.475. The number of pyridine rings is 1. The second kappa shape index (κ2) is 6.56. The lowest BCUT2D eigenvalue weighted by Crippen LogP contribution is -2.40. The van der Waals surface area contributed by atoms with Crippen molar-refractivity contribution in [3.8, 4) is 0 Å². The lowest BCUT2D eigenvalue weighted by atomic mass is 10.1. The van der Waals surface area contributed by atoms with Crippen LogP contribution >= 0.6 is 0 Å². The molecule has 1 fully saturated rings. The quantitative estimate of drug-likeness (QED) is 0.853. The Morgan fingerprint density at radius 1 is 1.65 bits per heavy atom. The van der Waals surface area contributed by atoms with E-state index in [1.807, 2.05) is 4.90 Å². The molecule has 6 heteroatoms. The van der Waals surface area contributed by atoms with Crippen LogP contribution in [0.4, 0.5) is 11.5 Å². The number of hydrogen-bond donors (Lipinski definition) is 2. The van der Waals surface area contributed by atoms with Crippen LogP contribution in [0.2, 0.25) is 0 Å². The minimum atomic E-state index is -1.03. The Kier molecular flexibility index (Phi) is 4.79. The fraction of sp³-hybridized carbons (Fsp3) is 0.571. The van der Waals surface area contributed by atoms with Crippen LogP contribution in [0.25, 0.3) is 0 Å². The molecule has 1 aromatic heterocycles. The molecule has 110 valence electrons. The van der Waals surface area contributed by atoms with Gasteiger partial charge in [0.25, 0.3) is 0 Å². The van der Waals surface area contributed by atoms with Crippen molar-refractivity contribution in [3.05, 3.63) is 17.8 Å². The van der Waals surface area contributed by atoms with Crippen LogP contribution in [0, 0.1) is 0 Å². The first-order valence-corrected chi connectivity index (χ1v) is 6.97. The van der Waals surface area contributed by atoms with E-state index in [1.54, 1.807) is 0 Å². The fourth-order valence-electron chi connectivity index (χ4n) is 2.45. The average Bonchev–Trinajstić information content (AvgIpc) is 2.45. The summed E-state index contributed by atoms with van der Waals surface area (Å²) in [5, 5.41) is 9.11.